The number of Topliss-reactive ketones (excluding diaryl/α,β-unsaturated/α-hetero) is 1. The van der Waals surface area contributed by atoms with Gasteiger partial charge < -0.3 is 9.47 Å². The van der Waals surface area contributed by atoms with Crippen LogP contribution in [0.1, 0.15) is 33.6 Å². The first-order valence-electron chi connectivity index (χ1n) is 7.35. The molecular weight excluding hydrogens is 244 g/mol. The van der Waals surface area contributed by atoms with Crippen LogP contribution in [0.2, 0.25) is 0 Å². The van der Waals surface area contributed by atoms with Crippen molar-refractivity contribution in [1.82, 2.24) is 0 Å². The first-order chi connectivity index (χ1) is 8.95. The van der Waals surface area contributed by atoms with Gasteiger partial charge in [-0.05, 0) is 12.8 Å². The maximum Gasteiger partial charge on any atom is 0.309 e. The Morgan fingerprint density at radius 2 is 1.95 bits per heavy atom. The van der Waals surface area contributed by atoms with Crippen molar-refractivity contribution in [3.63, 3.8) is 0 Å². The molecule has 8 atom stereocenters. The van der Waals surface area contributed by atoms with Crippen LogP contribution in [-0.4, -0.2) is 30.1 Å². The van der Waals surface area contributed by atoms with Gasteiger partial charge in [-0.1, -0.05) is 20.8 Å². The minimum atomic E-state index is -0.178. The molecule has 0 aromatic rings. The molecule has 4 nitrogen and oxygen atoms in total. The summed E-state index contributed by atoms with van der Waals surface area (Å²) in [6.07, 6.45) is 1.86. The number of fused-ring (bicyclic) bond motifs is 5. The lowest BCUT2D eigenvalue weighted by molar-refractivity contribution is -0.155. The highest BCUT2D eigenvalue weighted by molar-refractivity contribution is 5.90. The van der Waals surface area contributed by atoms with Gasteiger partial charge in [-0.2, -0.15) is 0 Å². The average molecular weight is 264 g/mol. The smallest absolute Gasteiger partial charge is 0.309 e. The van der Waals surface area contributed by atoms with E-state index in [9.17, 15) is 9.59 Å². The van der Waals surface area contributed by atoms with Crippen molar-refractivity contribution in [2.24, 2.45) is 29.1 Å². The van der Waals surface area contributed by atoms with E-state index in [1.54, 1.807) is 0 Å². The van der Waals surface area contributed by atoms with Crippen molar-refractivity contribution in [3.05, 3.63) is 0 Å². The number of ketones is 1. The van der Waals surface area contributed by atoms with Gasteiger partial charge in [0, 0.05) is 23.2 Å². The van der Waals surface area contributed by atoms with Crippen LogP contribution in [-0.2, 0) is 19.1 Å². The zero-order chi connectivity index (χ0) is 13.5. The second-order valence-corrected chi connectivity index (χ2v) is 7.09. The maximum absolute atomic E-state index is 12.2. The Balaban J connectivity index is 1.75. The van der Waals surface area contributed by atoms with Crippen molar-refractivity contribution < 1.29 is 19.1 Å². The molecule has 4 rings (SSSR count). The van der Waals surface area contributed by atoms with Crippen molar-refractivity contribution in [2.45, 2.75) is 51.9 Å². The molecule has 2 heterocycles. The lowest BCUT2D eigenvalue weighted by atomic mass is 9.53. The Morgan fingerprint density at radius 3 is 2.68 bits per heavy atom. The summed E-state index contributed by atoms with van der Waals surface area (Å²) in [5, 5.41) is 0. The van der Waals surface area contributed by atoms with E-state index in [0.29, 0.717) is 0 Å². The second-order valence-electron chi connectivity index (χ2n) is 7.09. The SMILES string of the molecule is C[C@@H]1C(=O)O[C@@H]2[C@H]1CC[C@]1(C)[C@@H]2[C@H](C)C(=O)[C@@H]2O[C@@H]21. The number of hydrogen-bond acceptors (Lipinski definition) is 4. The molecule has 0 aromatic heterocycles. The maximum atomic E-state index is 12.2. The highest BCUT2D eigenvalue weighted by Gasteiger charge is 2.70. The summed E-state index contributed by atoms with van der Waals surface area (Å²) < 4.78 is 11.3. The number of esters is 1. The predicted octanol–water partition coefficient (Wildman–Crippen LogP) is 1.57. The van der Waals surface area contributed by atoms with Crippen LogP contribution in [0.5, 0.6) is 0 Å². The minimum Gasteiger partial charge on any atom is -0.461 e. The first-order valence-corrected chi connectivity index (χ1v) is 7.35. The number of hydrogen-bond donors (Lipinski definition) is 0. The topological polar surface area (TPSA) is 55.9 Å². The zero-order valence-electron chi connectivity index (χ0n) is 11.6. The van der Waals surface area contributed by atoms with E-state index in [0.717, 1.165) is 12.8 Å². The Hall–Kier alpha value is -0.900. The normalized spacial score (nSPS) is 59.0. The first kappa shape index (κ1) is 11.9. The molecule has 0 unspecified atom stereocenters. The summed E-state index contributed by atoms with van der Waals surface area (Å²) >= 11 is 0. The molecule has 0 radical (unpaired) electrons. The number of carbonyl (C=O) groups excluding carboxylic acids is 2. The monoisotopic (exact) mass is 264 g/mol. The van der Waals surface area contributed by atoms with Gasteiger partial charge in [0.15, 0.2) is 5.78 Å². The van der Waals surface area contributed by atoms with E-state index in [-0.39, 0.29) is 59.2 Å². The summed E-state index contributed by atoms with van der Waals surface area (Å²) in [7, 11) is 0. The third-order valence-electron chi connectivity index (χ3n) is 6.23. The van der Waals surface area contributed by atoms with Gasteiger partial charge in [-0.15, -0.1) is 0 Å². The summed E-state index contributed by atoms with van der Waals surface area (Å²) in [4.78, 5) is 24.1. The molecule has 4 heteroatoms. The molecule has 0 N–H and O–H groups in total. The molecule has 0 spiro atoms. The Labute approximate surface area is 112 Å². The lowest BCUT2D eigenvalue weighted by Crippen LogP contribution is -2.55. The summed E-state index contributed by atoms with van der Waals surface area (Å²) in [6.45, 7) is 6.17. The molecule has 0 amide bonds. The zero-order valence-corrected chi connectivity index (χ0v) is 11.6. The van der Waals surface area contributed by atoms with Gasteiger partial charge in [-0.25, -0.2) is 0 Å². The van der Waals surface area contributed by atoms with Gasteiger partial charge >= 0.3 is 5.97 Å². The van der Waals surface area contributed by atoms with Gasteiger partial charge in [0.05, 0.1) is 12.0 Å². The van der Waals surface area contributed by atoms with Crippen LogP contribution >= 0.6 is 0 Å². The summed E-state index contributed by atoms with van der Waals surface area (Å²) in [5.41, 5.74) is 0.00347. The molecule has 2 aliphatic carbocycles. The van der Waals surface area contributed by atoms with E-state index in [2.05, 4.69) is 6.92 Å². The largest absolute Gasteiger partial charge is 0.461 e. The van der Waals surface area contributed by atoms with Crippen molar-refractivity contribution in [2.75, 3.05) is 0 Å². The molecule has 4 aliphatic rings. The van der Waals surface area contributed by atoms with Gasteiger partial charge in [0.25, 0.3) is 0 Å². The molecule has 0 aromatic carbocycles. The highest BCUT2D eigenvalue weighted by Crippen LogP contribution is 2.62. The molecule has 2 aliphatic heterocycles. The Kier molecular flexibility index (Phi) is 2.13. The molecule has 2 saturated heterocycles. The third kappa shape index (κ3) is 1.28. The fourth-order valence-electron chi connectivity index (χ4n) is 5.02. The van der Waals surface area contributed by atoms with Crippen LogP contribution in [0.3, 0.4) is 0 Å². The van der Waals surface area contributed by atoms with Gasteiger partial charge in [0.1, 0.15) is 12.2 Å². The second kappa shape index (κ2) is 3.40. The fraction of sp³-hybridized carbons (Fsp3) is 0.867. The Bertz CT molecular complexity index is 473. The van der Waals surface area contributed by atoms with E-state index in [1.807, 2.05) is 13.8 Å². The van der Waals surface area contributed by atoms with Gasteiger partial charge in [-0.3, -0.25) is 9.59 Å². The third-order valence-corrected chi connectivity index (χ3v) is 6.23. The van der Waals surface area contributed by atoms with E-state index in [1.165, 1.54) is 0 Å². The summed E-state index contributed by atoms with van der Waals surface area (Å²) in [6, 6.07) is 0. The molecule has 4 fully saturated rings. The molecular formula is C15H20O4. The molecule has 104 valence electrons. The van der Waals surface area contributed by atoms with E-state index >= 15 is 0 Å². The number of carbonyl (C=O) groups is 2. The number of rotatable bonds is 0. The van der Waals surface area contributed by atoms with Gasteiger partial charge in [0.2, 0.25) is 0 Å². The number of ether oxygens (including phenoxy) is 2. The molecule has 2 saturated carbocycles. The van der Waals surface area contributed by atoms with E-state index in [4.69, 9.17) is 9.47 Å². The van der Waals surface area contributed by atoms with Crippen LogP contribution < -0.4 is 0 Å². The minimum absolute atomic E-state index is 0.00347. The van der Waals surface area contributed by atoms with Crippen molar-refractivity contribution in [3.8, 4) is 0 Å². The lowest BCUT2D eigenvalue weighted by Gasteiger charge is -2.50. The molecule has 0 bridgehead atoms. The number of epoxide rings is 1. The predicted molar refractivity (Wildman–Crippen MR) is 66.2 cm³/mol. The van der Waals surface area contributed by atoms with Crippen molar-refractivity contribution in [1.29, 1.82) is 0 Å². The van der Waals surface area contributed by atoms with Crippen LogP contribution in [0.15, 0.2) is 0 Å². The summed E-state index contributed by atoms with van der Waals surface area (Å²) in [5.74, 6) is 0.475. The van der Waals surface area contributed by atoms with Crippen molar-refractivity contribution >= 4 is 11.8 Å². The van der Waals surface area contributed by atoms with Crippen LogP contribution in [0.4, 0.5) is 0 Å². The van der Waals surface area contributed by atoms with Crippen LogP contribution in [0.25, 0.3) is 0 Å². The molecule has 19 heavy (non-hydrogen) atoms. The standard InChI is InChI=1S/C15H20O4/c1-6-8-4-5-15(3)9(11(8)19-14(6)17)7(2)10(16)12-13(15)18-12/h6-9,11-13H,4-5H2,1-3H3/t6-,7-,8-,9+,11+,12-,13-,15+/m0/s1. The van der Waals surface area contributed by atoms with E-state index < -0.39 is 0 Å². The Morgan fingerprint density at radius 1 is 1.21 bits per heavy atom. The highest BCUT2D eigenvalue weighted by atomic mass is 16.6. The fourth-order valence-corrected chi connectivity index (χ4v) is 5.02. The van der Waals surface area contributed by atoms with Crippen LogP contribution in [0, 0.1) is 29.1 Å². The average Bonchev–Trinajstić information content (AvgIpc) is 3.12. The quantitative estimate of drug-likeness (QED) is 0.492.